The Morgan fingerprint density at radius 2 is 1.94 bits per heavy atom. The van der Waals surface area contributed by atoms with Crippen LogP contribution in [0.15, 0.2) is 24.3 Å². The first-order chi connectivity index (χ1) is 8.52. The molecule has 0 radical (unpaired) electrons. The molecule has 1 atom stereocenters. The molecule has 1 aromatic rings. The Labute approximate surface area is 107 Å². The number of aliphatic hydroxyl groups is 1. The standard InChI is InChI=1S/C14H20FNO2/c1-10(2)13(9-17)16-14(18)8-5-11-3-6-12(15)7-4-11/h3-4,6-7,10,13,17H,5,8-9H2,1-2H3,(H,16,18)/t13-/m1/s1. The summed E-state index contributed by atoms with van der Waals surface area (Å²) in [6.45, 7) is 3.84. The average Bonchev–Trinajstić information content (AvgIpc) is 2.35. The highest BCUT2D eigenvalue weighted by Gasteiger charge is 2.14. The molecular weight excluding hydrogens is 233 g/mol. The smallest absolute Gasteiger partial charge is 0.220 e. The summed E-state index contributed by atoms with van der Waals surface area (Å²) in [7, 11) is 0. The third kappa shape index (κ3) is 4.84. The number of halogens is 1. The van der Waals surface area contributed by atoms with Gasteiger partial charge in [-0.2, -0.15) is 0 Å². The van der Waals surface area contributed by atoms with Gasteiger partial charge < -0.3 is 10.4 Å². The number of aliphatic hydroxyl groups excluding tert-OH is 1. The molecule has 18 heavy (non-hydrogen) atoms. The van der Waals surface area contributed by atoms with E-state index in [1.54, 1.807) is 12.1 Å². The van der Waals surface area contributed by atoms with Crippen LogP contribution in [0.5, 0.6) is 0 Å². The Morgan fingerprint density at radius 3 is 2.44 bits per heavy atom. The van der Waals surface area contributed by atoms with Crippen LogP contribution in [0.2, 0.25) is 0 Å². The number of hydrogen-bond donors (Lipinski definition) is 2. The predicted molar refractivity (Wildman–Crippen MR) is 68.6 cm³/mol. The highest BCUT2D eigenvalue weighted by Crippen LogP contribution is 2.06. The number of carbonyl (C=O) groups excluding carboxylic acids is 1. The van der Waals surface area contributed by atoms with Crippen molar-refractivity contribution in [3.8, 4) is 0 Å². The fourth-order valence-electron chi connectivity index (χ4n) is 1.61. The van der Waals surface area contributed by atoms with E-state index in [0.717, 1.165) is 5.56 Å². The fourth-order valence-corrected chi connectivity index (χ4v) is 1.61. The van der Waals surface area contributed by atoms with Crippen LogP contribution >= 0.6 is 0 Å². The van der Waals surface area contributed by atoms with Crippen LogP contribution in [0.25, 0.3) is 0 Å². The number of carbonyl (C=O) groups is 1. The van der Waals surface area contributed by atoms with E-state index in [-0.39, 0.29) is 30.3 Å². The van der Waals surface area contributed by atoms with E-state index in [1.165, 1.54) is 12.1 Å². The number of benzene rings is 1. The summed E-state index contributed by atoms with van der Waals surface area (Å²) in [6.07, 6.45) is 0.914. The van der Waals surface area contributed by atoms with Gasteiger partial charge in [-0.1, -0.05) is 26.0 Å². The maximum Gasteiger partial charge on any atom is 0.220 e. The lowest BCUT2D eigenvalue weighted by atomic mass is 10.0. The van der Waals surface area contributed by atoms with E-state index < -0.39 is 0 Å². The Hall–Kier alpha value is -1.42. The summed E-state index contributed by atoms with van der Waals surface area (Å²) in [5.41, 5.74) is 0.927. The minimum Gasteiger partial charge on any atom is -0.394 e. The molecule has 0 saturated heterocycles. The molecule has 0 aliphatic heterocycles. The molecule has 0 bridgehead atoms. The van der Waals surface area contributed by atoms with Crippen molar-refractivity contribution in [2.24, 2.45) is 5.92 Å². The van der Waals surface area contributed by atoms with E-state index in [2.05, 4.69) is 5.32 Å². The zero-order chi connectivity index (χ0) is 13.5. The lowest BCUT2D eigenvalue weighted by molar-refractivity contribution is -0.122. The molecule has 0 fully saturated rings. The van der Waals surface area contributed by atoms with Crippen molar-refractivity contribution in [3.63, 3.8) is 0 Å². The number of amides is 1. The van der Waals surface area contributed by atoms with E-state index >= 15 is 0 Å². The Morgan fingerprint density at radius 1 is 1.33 bits per heavy atom. The van der Waals surface area contributed by atoms with Crippen LogP contribution in [-0.2, 0) is 11.2 Å². The van der Waals surface area contributed by atoms with Gasteiger partial charge in [-0.3, -0.25) is 4.79 Å². The SMILES string of the molecule is CC(C)[C@@H](CO)NC(=O)CCc1ccc(F)cc1. The first kappa shape index (κ1) is 14.6. The van der Waals surface area contributed by atoms with Gasteiger partial charge in [0.1, 0.15) is 5.82 Å². The second kappa shape index (κ2) is 7.11. The zero-order valence-electron chi connectivity index (χ0n) is 10.8. The molecule has 0 unspecified atom stereocenters. The van der Waals surface area contributed by atoms with Gasteiger partial charge in [-0.05, 0) is 30.0 Å². The molecule has 0 heterocycles. The van der Waals surface area contributed by atoms with Gasteiger partial charge >= 0.3 is 0 Å². The van der Waals surface area contributed by atoms with E-state index in [4.69, 9.17) is 5.11 Å². The summed E-state index contributed by atoms with van der Waals surface area (Å²) in [5.74, 6) is -0.166. The minimum absolute atomic E-state index is 0.0556. The van der Waals surface area contributed by atoms with Crippen LogP contribution in [0.3, 0.4) is 0 Å². The van der Waals surface area contributed by atoms with Crippen molar-refractivity contribution in [3.05, 3.63) is 35.6 Å². The Kier molecular flexibility index (Phi) is 5.78. The molecule has 0 aliphatic carbocycles. The fraction of sp³-hybridized carbons (Fsp3) is 0.500. The third-order valence-electron chi connectivity index (χ3n) is 2.90. The molecule has 100 valence electrons. The Bertz CT molecular complexity index is 376. The largest absolute Gasteiger partial charge is 0.394 e. The van der Waals surface area contributed by atoms with E-state index in [1.807, 2.05) is 13.8 Å². The molecule has 0 aromatic heterocycles. The summed E-state index contributed by atoms with van der Waals surface area (Å²) in [4.78, 5) is 11.7. The third-order valence-corrected chi connectivity index (χ3v) is 2.90. The predicted octanol–water partition coefficient (Wildman–Crippen LogP) is 1.89. The van der Waals surface area contributed by atoms with Gasteiger partial charge in [0.05, 0.1) is 12.6 Å². The van der Waals surface area contributed by atoms with Gasteiger partial charge in [-0.25, -0.2) is 4.39 Å². The van der Waals surface area contributed by atoms with Crippen LogP contribution in [0.4, 0.5) is 4.39 Å². The van der Waals surface area contributed by atoms with Crippen molar-refractivity contribution in [2.45, 2.75) is 32.7 Å². The lowest BCUT2D eigenvalue weighted by Gasteiger charge is -2.19. The quantitative estimate of drug-likeness (QED) is 0.813. The summed E-state index contributed by atoms with van der Waals surface area (Å²) in [5, 5.41) is 11.9. The first-order valence-corrected chi connectivity index (χ1v) is 6.17. The maximum absolute atomic E-state index is 12.7. The van der Waals surface area contributed by atoms with Crippen molar-refractivity contribution in [1.82, 2.24) is 5.32 Å². The second-order valence-corrected chi connectivity index (χ2v) is 4.73. The van der Waals surface area contributed by atoms with Crippen LogP contribution in [0, 0.1) is 11.7 Å². The molecule has 1 aromatic carbocycles. The zero-order valence-corrected chi connectivity index (χ0v) is 10.8. The number of hydrogen-bond acceptors (Lipinski definition) is 2. The topological polar surface area (TPSA) is 49.3 Å². The summed E-state index contributed by atoms with van der Waals surface area (Å²) >= 11 is 0. The van der Waals surface area contributed by atoms with Gasteiger partial charge in [-0.15, -0.1) is 0 Å². The molecular formula is C14H20FNO2. The molecule has 1 amide bonds. The van der Waals surface area contributed by atoms with Crippen LogP contribution in [0.1, 0.15) is 25.8 Å². The van der Waals surface area contributed by atoms with Crippen molar-refractivity contribution in [2.75, 3.05) is 6.61 Å². The molecule has 4 heteroatoms. The van der Waals surface area contributed by atoms with E-state index in [9.17, 15) is 9.18 Å². The highest BCUT2D eigenvalue weighted by atomic mass is 19.1. The van der Waals surface area contributed by atoms with Gasteiger partial charge in [0.2, 0.25) is 5.91 Å². The van der Waals surface area contributed by atoms with Crippen molar-refractivity contribution < 1.29 is 14.3 Å². The minimum atomic E-state index is -0.275. The van der Waals surface area contributed by atoms with E-state index in [0.29, 0.717) is 12.8 Å². The van der Waals surface area contributed by atoms with Gasteiger partial charge in [0.25, 0.3) is 0 Å². The van der Waals surface area contributed by atoms with Crippen LogP contribution in [-0.4, -0.2) is 23.7 Å². The molecule has 0 saturated carbocycles. The molecule has 0 spiro atoms. The lowest BCUT2D eigenvalue weighted by Crippen LogP contribution is -2.41. The number of rotatable bonds is 6. The number of aryl methyl sites for hydroxylation is 1. The molecule has 1 rings (SSSR count). The summed E-state index contributed by atoms with van der Waals surface area (Å²) < 4.78 is 12.7. The van der Waals surface area contributed by atoms with Gasteiger partial charge in [0.15, 0.2) is 0 Å². The first-order valence-electron chi connectivity index (χ1n) is 6.17. The molecule has 0 aliphatic rings. The molecule has 2 N–H and O–H groups in total. The average molecular weight is 253 g/mol. The van der Waals surface area contributed by atoms with Crippen LogP contribution < -0.4 is 5.32 Å². The maximum atomic E-state index is 12.7. The second-order valence-electron chi connectivity index (χ2n) is 4.73. The summed E-state index contributed by atoms with van der Waals surface area (Å²) in [6, 6.07) is 5.92. The van der Waals surface area contributed by atoms with Crippen molar-refractivity contribution in [1.29, 1.82) is 0 Å². The van der Waals surface area contributed by atoms with Crippen molar-refractivity contribution >= 4 is 5.91 Å². The number of nitrogens with one attached hydrogen (secondary N) is 1. The monoisotopic (exact) mass is 253 g/mol. The highest BCUT2D eigenvalue weighted by molar-refractivity contribution is 5.76. The Balaban J connectivity index is 2.39. The normalized spacial score (nSPS) is 12.5. The van der Waals surface area contributed by atoms with Gasteiger partial charge in [0, 0.05) is 6.42 Å². The molecule has 3 nitrogen and oxygen atoms in total.